The van der Waals surface area contributed by atoms with Crippen molar-refractivity contribution >= 4 is 29.0 Å². The number of amides is 2. The summed E-state index contributed by atoms with van der Waals surface area (Å²) in [5, 5.41) is 5.42. The van der Waals surface area contributed by atoms with E-state index in [0.29, 0.717) is 18.5 Å². The number of hydrogen-bond acceptors (Lipinski definition) is 4. The van der Waals surface area contributed by atoms with Gasteiger partial charge >= 0.3 is 0 Å². The molecule has 6 nitrogen and oxygen atoms in total. The number of piperidine rings is 1. The predicted octanol–water partition coefficient (Wildman–Crippen LogP) is 2.93. The fourth-order valence-electron chi connectivity index (χ4n) is 4.20. The molecule has 2 aromatic rings. The molecule has 2 atom stereocenters. The van der Waals surface area contributed by atoms with Crippen molar-refractivity contribution in [2.24, 2.45) is 5.92 Å². The molecular weight excluding hydrogens is 378 g/mol. The van der Waals surface area contributed by atoms with Crippen molar-refractivity contribution in [2.75, 3.05) is 23.3 Å². The molecule has 0 bridgehead atoms. The van der Waals surface area contributed by atoms with Crippen molar-refractivity contribution in [3.05, 3.63) is 60.2 Å². The molecular formula is C24H27N3O3. The number of rotatable bonds is 6. The zero-order chi connectivity index (χ0) is 20.9. The third kappa shape index (κ3) is 4.53. The van der Waals surface area contributed by atoms with Crippen LogP contribution in [0.1, 0.15) is 31.2 Å². The lowest BCUT2D eigenvalue weighted by Crippen LogP contribution is -2.33. The minimum Gasteiger partial charge on any atom is -0.372 e. The van der Waals surface area contributed by atoms with Crippen molar-refractivity contribution in [3.8, 4) is 0 Å². The van der Waals surface area contributed by atoms with E-state index >= 15 is 0 Å². The molecule has 4 rings (SSSR count). The summed E-state index contributed by atoms with van der Waals surface area (Å²) < 4.78 is 0. The molecule has 0 radical (unpaired) electrons. The molecule has 156 valence electrons. The van der Waals surface area contributed by atoms with Gasteiger partial charge in [0.1, 0.15) is 0 Å². The molecule has 30 heavy (non-hydrogen) atoms. The molecule has 0 saturated carbocycles. The van der Waals surface area contributed by atoms with Gasteiger partial charge in [-0.25, -0.2) is 0 Å². The monoisotopic (exact) mass is 405 g/mol. The Kier molecular flexibility index (Phi) is 6.12. The van der Waals surface area contributed by atoms with E-state index in [1.165, 1.54) is 19.3 Å². The van der Waals surface area contributed by atoms with Gasteiger partial charge in [-0.05, 0) is 61.9 Å². The van der Waals surface area contributed by atoms with Crippen LogP contribution < -0.4 is 15.5 Å². The Labute approximate surface area is 176 Å². The molecule has 0 spiro atoms. The summed E-state index contributed by atoms with van der Waals surface area (Å²) in [4.78, 5) is 40.0. The molecule has 2 heterocycles. The average molecular weight is 405 g/mol. The Morgan fingerprint density at radius 2 is 1.67 bits per heavy atom. The van der Waals surface area contributed by atoms with E-state index in [1.807, 2.05) is 54.6 Å². The van der Waals surface area contributed by atoms with Crippen LogP contribution in [0.5, 0.6) is 0 Å². The fourth-order valence-corrected chi connectivity index (χ4v) is 4.20. The van der Waals surface area contributed by atoms with Crippen LogP contribution in [0.3, 0.4) is 0 Å². The zero-order valence-electron chi connectivity index (χ0n) is 17.0. The third-order valence-corrected chi connectivity index (χ3v) is 5.89. The maximum absolute atomic E-state index is 12.7. The second-order valence-electron chi connectivity index (χ2n) is 8.00. The van der Waals surface area contributed by atoms with Crippen LogP contribution in [0.15, 0.2) is 54.6 Å². The van der Waals surface area contributed by atoms with Crippen molar-refractivity contribution in [2.45, 2.75) is 38.1 Å². The Balaban J connectivity index is 1.34. The largest absolute Gasteiger partial charge is 0.372 e. The molecule has 2 aliphatic heterocycles. The number of ketones is 1. The first-order chi connectivity index (χ1) is 14.6. The zero-order valence-corrected chi connectivity index (χ0v) is 17.0. The Bertz CT molecular complexity index is 905. The van der Waals surface area contributed by atoms with Gasteiger partial charge in [-0.2, -0.15) is 0 Å². The minimum absolute atomic E-state index is 0.349. The number of Topliss-reactive ketones (excluding diaryl/α,β-unsaturated/α-hetero) is 1. The summed E-state index contributed by atoms with van der Waals surface area (Å²) in [5.41, 5.74) is 2.82. The SMILES string of the molecule is O=C(Nc1ccc(N2CCCCC2)cc1)C1C(=O)NC(CCc2ccccc2)C1=O. The maximum Gasteiger partial charge on any atom is 0.244 e. The maximum atomic E-state index is 12.7. The van der Waals surface area contributed by atoms with Crippen molar-refractivity contribution in [1.29, 1.82) is 0 Å². The van der Waals surface area contributed by atoms with Crippen LogP contribution in [-0.4, -0.2) is 36.7 Å². The highest BCUT2D eigenvalue weighted by Crippen LogP contribution is 2.23. The lowest BCUT2D eigenvalue weighted by atomic mass is 9.97. The average Bonchev–Trinajstić information content (AvgIpc) is 3.07. The number of benzene rings is 2. The Morgan fingerprint density at radius 1 is 0.967 bits per heavy atom. The highest BCUT2D eigenvalue weighted by Gasteiger charge is 2.45. The number of aryl methyl sites for hydroxylation is 1. The summed E-state index contributed by atoms with van der Waals surface area (Å²) in [6, 6.07) is 16.8. The van der Waals surface area contributed by atoms with Gasteiger partial charge in [0.25, 0.3) is 0 Å². The lowest BCUT2D eigenvalue weighted by Gasteiger charge is -2.28. The molecule has 2 aliphatic rings. The normalized spacial score (nSPS) is 21.4. The number of carbonyl (C=O) groups is 3. The van der Waals surface area contributed by atoms with Gasteiger partial charge in [-0.15, -0.1) is 0 Å². The lowest BCUT2D eigenvalue weighted by molar-refractivity contribution is -0.135. The predicted molar refractivity (Wildman–Crippen MR) is 116 cm³/mol. The summed E-state index contributed by atoms with van der Waals surface area (Å²) >= 11 is 0. The number of nitrogens with zero attached hydrogens (tertiary/aromatic N) is 1. The van der Waals surface area contributed by atoms with E-state index in [-0.39, 0.29) is 5.78 Å². The van der Waals surface area contributed by atoms with Gasteiger partial charge < -0.3 is 15.5 Å². The summed E-state index contributed by atoms with van der Waals surface area (Å²) in [5.74, 6) is -2.71. The molecule has 2 amide bonds. The summed E-state index contributed by atoms with van der Waals surface area (Å²) in [6.07, 6.45) is 4.83. The van der Waals surface area contributed by atoms with E-state index in [4.69, 9.17) is 0 Å². The standard InChI is InChI=1S/C24H27N3O3/c28-22-20(14-9-17-7-3-1-4-8-17)26-24(30)21(22)23(29)25-18-10-12-19(13-11-18)27-15-5-2-6-16-27/h1,3-4,7-8,10-13,20-21H,2,5-6,9,14-16H2,(H,25,29)(H,26,30). The highest BCUT2D eigenvalue weighted by atomic mass is 16.2. The molecule has 2 fully saturated rings. The minimum atomic E-state index is -1.28. The van der Waals surface area contributed by atoms with E-state index in [2.05, 4.69) is 15.5 Å². The number of hydrogen-bond donors (Lipinski definition) is 2. The van der Waals surface area contributed by atoms with Gasteiger partial charge in [0.2, 0.25) is 11.8 Å². The molecule has 2 aromatic carbocycles. The highest BCUT2D eigenvalue weighted by molar-refractivity contribution is 6.26. The third-order valence-electron chi connectivity index (χ3n) is 5.89. The molecule has 2 unspecified atom stereocenters. The second kappa shape index (κ2) is 9.11. The molecule has 2 saturated heterocycles. The van der Waals surface area contributed by atoms with Crippen LogP contribution in [0.2, 0.25) is 0 Å². The van der Waals surface area contributed by atoms with Gasteiger partial charge in [-0.1, -0.05) is 30.3 Å². The first-order valence-electron chi connectivity index (χ1n) is 10.7. The Morgan fingerprint density at radius 3 is 2.37 bits per heavy atom. The first-order valence-corrected chi connectivity index (χ1v) is 10.7. The number of carbonyl (C=O) groups excluding carboxylic acids is 3. The van der Waals surface area contributed by atoms with E-state index in [0.717, 1.165) is 24.3 Å². The van der Waals surface area contributed by atoms with Crippen LogP contribution in [0.4, 0.5) is 11.4 Å². The van der Waals surface area contributed by atoms with E-state index in [1.54, 1.807) is 0 Å². The van der Waals surface area contributed by atoms with Gasteiger partial charge in [0.05, 0.1) is 6.04 Å². The van der Waals surface area contributed by atoms with Crippen LogP contribution >= 0.6 is 0 Å². The molecule has 6 heteroatoms. The van der Waals surface area contributed by atoms with Gasteiger partial charge in [-0.3, -0.25) is 14.4 Å². The van der Waals surface area contributed by atoms with Crippen LogP contribution in [-0.2, 0) is 20.8 Å². The number of nitrogens with one attached hydrogen (secondary N) is 2. The number of anilines is 2. The summed E-state index contributed by atoms with van der Waals surface area (Å²) in [7, 11) is 0. The van der Waals surface area contributed by atoms with Crippen molar-refractivity contribution in [1.82, 2.24) is 5.32 Å². The van der Waals surface area contributed by atoms with Gasteiger partial charge in [0.15, 0.2) is 11.7 Å². The second-order valence-corrected chi connectivity index (χ2v) is 8.00. The quantitative estimate of drug-likeness (QED) is 0.725. The molecule has 0 aliphatic carbocycles. The van der Waals surface area contributed by atoms with Crippen molar-refractivity contribution in [3.63, 3.8) is 0 Å². The van der Waals surface area contributed by atoms with E-state index < -0.39 is 23.8 Å². The topological polar surface area (TPSA) is 78.5 Å². The van der Waals surface area contributed by atoms with Crippen LogP contribution in [0.25, 0.3) is 0 Å². The molecule has 0 aromatic heterocycles. The molecule has 2 N–H and O–H groups in total. The van der Waals surface area contributed by atoms with Crippen LogP contribution in [0, 0.1) is 5.92 Å². The summed E-state index contributed by atoms with van der Waals surface area (Å²) in [6.45, 7) is 2.10. The smallest absolute Gasteiger partial charge is 0.244 e. The Hall–Kier alpha value is -3.15. The van der Waals surface area contributed by atoms with Crippen molar-refractivity contribution < 1.29 is 14.4 Å². The first kappa shape index (κ1) is 20.1. The fraction of sp³-hybridized carbons (Fsp3) is 0.375. The van der Waals surface area contributed by atoms with Gasteiger partial charge in [0, 0.05) is 24.5 Å². The van der Waals surface area contributed by atoms with E-state index in [9.17, 15) is 14.4 Å².